The Hall–Kier alpha value is -0.690. The lowest BCUT2D eigenvalue weighted by atomic mass is 10.2. The third-order valence-electron chi connectivity index (χ3n) is 1.52. The van der Waals surface area contributed by atoms with E-state index in [9.17, 15) is 8.42 Å². The Bertz CT molecular complexity index is 484. The summed E-state index contributed by atoms with van der Waals surface area (Å²) in [5, 5.41) is 4.98. The first kappa shape index (κ1) is 11.4. The number of halogens is 1. The van der Waals surface area contributed by atoms with Gasteiger partial charge in [0.1, 0.15) is 9.88 Å². The number of primary sulfonamides is 1. The average molecular weight is 251 g/mol. The fraction of sp³-hybridized carbons (Fsp3) is 0. The van der Waals surface area contributed by atoms with Crippen LogP contribution >= 0.6 is 23.8 Å². The molecule has 0 bridgehead atoms. The van der Waals surface area contributed by atoms with Crippen LogP contribution in [0.25, 0.3) is 0 Å². The van der Waals surface area contributed by atoms with Crippen LogP contribution in [0.4, 0.5) is 0 Å². The van der Waals surface area contributed by atoms with Crippen LogP contribution in [-0.4, -0.2) is 13.4 Å². The molecule has 0 amide bonds. The molecule has 1 aromatic rings. The Morgan fingerprint density at radius 1 is 1.43 bits per heavy atom. The lowest BCUT2D eigenvalue weighted by Crippen LogP contribution is -2.15. The molecule has 7 heteroatoms. The maximum atomic E-state index is 11.0. The van der Waals surface area contributed by atoms with E-state index in [4.69, 9.17) is 22.5 Å². The SMILES string of the molecule is NC(=S)c1ccc(Cl)c(S(N)(=O)=O)c1. The van der Waals surface area contributed by atoms with Gasteiger partial charge in [0.2, 0.25) is 10.0 Å². The number of sulfonamides is 1. The highest BCUT2D eigenvalue weighted by atomic mass is 35.5. The lowest BCUT2D eigenvalue weighted by Gasteiger charge is -2.04. The van der Waals surface area contributed by atoms with Gasteiger partial charge in [-0.15, -0.1) is 0 Å². The number of thiocarbonyl (C=S) groups is 1. The predicted octanol–water partition coefficient (Wildman–Crippen LogP) is 0.622. The standard InChI is InChI=1S/C7H7ClN2O2S2/c8-5-2-1-4(7(9)13)3-6(5)14(10,11)12/h1-3H,(H2,9,13)(H2,10,11,12). The molecule has 1 aromatic carbocycles. The number of nitrogens with two attached hydrogens (primary N) is 2. The molecule has 0 aliphatic rings. The summed E-state index contributed by atoms with van der Waals surface area (Å²) in [5.74, 6) is 0. The Morgan fingerprint density at radius 2 is 2.00 bits per heavy atom. The fourth-order valence-electron chi connectivity index (χ4n) is 0.875. The van der Waals surface area contributed by atoms with Gasteiger partial charge in [0.15, 0.2) is 0 Å². The van der Waals surface area contributed by atoms with Crippen LogP contribution in [0.2, 0.25) is 5.02 Å². The summed E-state index contributed by atoms with van der Waals surface area (Å²) in [6, 6.07) is 4.16. The highest BCUT2D eigenvalue weighted by Gasteiger charge is 2.13. The first-order chi connectivity index (χ1) is 6.32. The highest BCUT2D eigenvalue weighted by Crippen LogP contribution is 2.21. The van der Waals surface area contributed by atoms with Crippen molar-refractivity contribution in [2.75, 3.05) is 0 Å². The van der Waals surface area contributed by atoms with Gasteiger partial charge in [-0.3, -0.25) is 0 Å². The summed E-state index contributed by atoms with van der Waals surface area (Å²) in [6.45, 7) is 0. The molecular weight excluding hydrogens is 244 g/mol. The second-order valence-corrected chi connectivity index (χ2v) is 4.93. The van der Waals surface area contributed by atoms with Crippen molar-refractivity contribution in [3.63, 3.8) is 0 Å². The van der Waals surface area contributed by atoms with E-state index in [0.717, 1.165) is 0 Å². The molecule has 0 saturated heterocycles. The Labute approximate surface area is 91.9 Å². The molecule has 1 rings (SSSR count). The van der Waals surface area contributed by atoms with Gasteiger partial charge < -0.3 is 5.73 Å². The maximum Gasteiger partial charge on any atom is 0.239 e. The minimum atomic E-state index is -3.84. The third kappa shape index (κ3) is 2.42. The van der Waals surface area contributed by atoms with Crippen molar-refractivity contribution in [2.45, 2.75) is 4.90 Å². The first-order valence-electron chi connectivity index (χ1n) is 3.44. The van der Waals surface area contributed by atoms with E-state index in [2.05, 4.69) is 12.2 Å². The van der Waals surface area contributed by atoms with E-state index in [-0.39, 0.29) is 14.9 Å². The molecule has 0 radical (unpaired) electrons. The monoisotopic (exact) mass is 250 g/mol. The second-order valence-electron chi connectivity index (χ2n) is 2.55. The van der Waals surface area contributed by atoms with Gasteiger partial charge in [0.05, 0.1) is 5.02 Å². The van der Waals surface area contributed by atoms with Gasteiger partial charge in [0.25, 0.3) is 0 Å². The second kappa shape index (κ2) is 3.82. The molecule has 0 fully saturated rings. The van der Waals surface area contributed by atoms with Crippen molar-refractivity contribution in [1.29, 1.82) is 0 Å². The van der Waals surface area contributed by atoms with Gasteiger partial charge in [-0.05, 0) is 12.1 Å². The molecule has 0 spiro atoms. The number of rotatable bonds is 2. The molecule has 0 aromatic heterocycles. The van der Waals surface area contributed by atoms with Crippen LogP contribution in [-0.2, 0) is 10.0 Å². The van der Waals surface area contributed by atoms with E-state index < -0.39 is 10.0 Å². The van der Waals surface area contributed by atoms with Crippen LogP contribution in [0.15, 0.2) is 23.1 Å². The topological polar surface area (TPSA) is 86.2 Å². The van der Waals surface area contributed by atoms with Crippen LogP contribution in [0.3, 0.4) is 0 Å². The Balaban J connectivity index is 3.44. The molecule has 0 heterocycles. The quantitative estimate of drug-likeness (QED) is 0.754. The summed E-state index contributed by atoms with van der Waals surface area (Å²) in [5.41, 5.74) is 5.74. The Kier molecular flexibility index (Phi) is 3.10. The molecule has 76 valence electrons. The van der Waals surface area contributed by atoms with Gasteiger partial charge >= 0.3 is 0 Å². The molecule has 0 aliphatic carbocycles. The van der Waals surface area contributed by atoms with E-state index >= 15 is 0 Å². The Morgan fingerprint density at radius 3 is 2.43 bits per heavy atom. The summed E-state index contributed by atoms with van der Waals surface area (Å²) in [6.07, 6.45) is 0. The zero-order chi connectivity index (χ0) is 10.9. The van der Waals surface area contributed by atoms with Gasteiger partial charge in [-0.2, -0.15) is 0 Å². The van der Waals surface area contributed by atoms with E-state index in [1.165, 1.54) is 18.2 Å². The van der Waals surface area contributed by atoms with E-state index in [0.29, 0.717) is 5.56 Å². The third-order valence-corrected chi connectivity index (χ3v) is 3.15. The van der Waals surface area contributed by atoms with Crippen LogP contribution in [0, 0.1) is 0 Å². The minimum Gasteiger partial charge on any atom is -0.389 e. The minimum absolute atomic E-state index is 0.0486. The summed E-state index contributed by atoms with van der Waals surface area (Å²) in [7, 11) is -3.84. The van der Waals surface area contributed by atoms with Gasteiger partial charge in [-0.25, -0.2) is 13.6 Å². The molecule has 0 aliphatic heterocycles. The first-order valence-corrected chi connectivity index (χ1v) is 5.78. The molecule has 14 heavy (non-hydrogen) atoms. The van der Waals surface area contributed by atoms with Crippen molar-refractivity contribution >= 4 is 38.8 Å². The number of benzene rings is 1. The van der Waals surface area contributed by atoms with E-state index in [1.54, 1.807) is 0 Å². The van der Waals surface area contributed by atoms with Crippen molar-refractivity contribution < 1.29 is 8.42 Å². The van der Waals surface area contributed by atoms with Gasteiger partial charge in [-0.1, -0.05) is 29.9 Å². The summed E-state index contributed by atoms with van der Waals surface area (Å²) < 4.78 is 22.1. The number of hydrogen-bond donors (Lipinski definition) is 2. The lowest BCUT2D eigenvalue weighted by molar-refractivity contribution is 0.598. The summed E-state index contributed by atoms with van der Waals surface area (Å²) in [4.78, 5) is -0.0870. The maximum absolute atomic E-state index is 11.0. The largest absolute Gasteiger partial charge is 0.389 e. The average Bonchev–Trinajstić information content (AvgIpc) is 2.02. The van der Waals surface area contributed by atoms with Crippen LogP contribution in [0.5, 0.6) is 0 Å². The van der Waals surface area contributed by atoms with Crippen molar-refractivity contribution in [3.8, 4) is 0 Å². The summed E-state index contributed by atoms with van der Waals surface area (Å²) >= 11 is 10.3. The molecule has 4 N–H and O–H groups in total. The normalized spacial score (nSPS) is 11.3. The molecule has 0 atom stereocenters. The highest BCUT2D eigenvalue weighted by molar-refractivity contribution is 7.89. The molecule has 4 nitrogen and oxygen atoms in total. The van der Waals surface area contributed by atoms with Crippen LogP contribution < -0.4 is 10.9 Å². The van der Waals surface area contributed by atoms with Crippen molar-refractivity contribution in [1.82, 2.24) is 0 Å². The van der Waals surface area contributed by atoms with E-state index in [1.807, 2.05) is 0 Å². The molecule has 0 saturated carbocycles. The fourth-order valence-corrected chi connectivity index (χ4v) is 2.07. The molecule has 0 unspecified atom stereocenters. The van der Waals surface area contributed by atoms with Gasteiger partial charge in [0, 0.05) is 5.56 Å². The number of hydrogen-bond acceptors (Lipinski definition) is 3. The smallest absolute Gasteiger partial charge is 0.239 e. The van der Waals surface area contributed by atoms with Crippen molar-refractivity contribution in [2.24, 2.45) is 10.9 Å². The zero-order valence-electron chi connectivity index (χ0n) is 6.90. The zero-order valence-corrected chi connectivity index (χ0v) is 9.29. The predicted molar refractivity (Wildman–Crippen MR) is 58.7 cm³/mol. The van der Waals surface area contributed by atoms with Crippen molar-refractivity contribution in [3.05, 3.63) is 28.8 Å². The van der Waals surface area contributed by atoms with Crippen LogP contribution in [0.1, 0.15) is 5.56 Å². The molecular formula is C7H7ClN2O2S2.